The number of carbonyl (C=O) groups excluding carboxylic acids is 2. The molecule has 2 aromatic carbocycles. The van der Waals surface area contributed by atoms with Crippen LogP contribution in [0.3, 0.4) is 0 Å². The van der Waals surface area contributed by atoms with E-state index in [4.69, 9.17) is 9.47 Å². The summed E-state index contributed by atoms with van der Waals surface area (Å²) in [6, 6.07) is 16.6. The van der Waals surface area contributed by atoms with Crippen LogP contribution in [0.4, 0.5) is 0 Å². The van der Waals surface area contributed by atoms with Crippen LogP contribution in [0.25, 0.3) is 0 Å². The minimum absolute atomic E-state index is 0.131. The molecule has 0 saturated heterocycles. The summed E-state index contributed by atoms with van der Waals surface area (Å²) in [6.07, 6.45) is 0.160. The largest absolute Gasteiger partial charge is 0.497 e. The van der Waals surface area contributed by atoms with Crippen LogP contribution in [0.5, 0.6) is 5.75 Å². The van der Waals surface area contributed by atoms with E-state index in [1.165, 1.54) is 0 Å². The molecule has 2 aromatic rings. The Kier molecular flexibility index (Phi) is 7.21. The van der Waals surface area contributed by atoms with Gasteiger partial charge in [-0.05, 0) is 43.7 Å². The second-order valence-electron chi connectivity index (χ2n) is 5.87. The molecular weight excluding hydrogens is 330 g/mol. The Labute approximate surface area is 154 Å². The predicted octanol–water partition coefficient (Wildman–Crippen LogP) is 3.85. The standard InChI is InChI=1S/C21H25NO4/c1-4-26-20(23)14-15-22(16(2)17-8-6-5-7-9-17)21(24)18-10-12-19(25-3)13-11-18/h5-13,16H,4,14-15H2,1-3H3. The van der Waals surface area contributed by atoms with Crippen LogP contribution in [0.2, 0.25) is 0 Å². The number of hydrogen-bond acceptors (Lipinski definition) is 4. The Morgan fingerprint density at radius 2 is 1.69 bits per heavy atom. The fraction of sp³-hybridized carbons (Fsp3) is 0.333. The average molecular weight is 355 g/mol. The maximum absolute atomic E-state index is 13.1. The number of nitrogens with zero attached hydrogens (tertiary/aromatic N) is 1. The lowest BCUT2D eigenvalue weighted by Gasteiger charge is -2.29. The zero-order valence-corrected chi connectivity index (χ0v) is 15.5. The molecule has 0 aliphatic heterocycles. The smallest absolute Gasteiger partial charge is 0.307 e. The number of hydrogen-bond donors (Lipinski definition) is 0. The average Bonchev–Trinajstić information content (AvgIpc) is 2.68. The maximum atomic E-state index is 13.1. The monoisotopic (exact) mass is 355 g/mol. The van der Waals surface area contributed by atoms with Crippen LogP contribution in [0, 0.1) is 0 Å². The van der Waals surface area contributed by atoms with E-state index in [0.717, 1.165) is 5.56 Å². The van der Waals surface area contributed by atoms with Crippen LogP contribution in [0.15, 0.2) is 54.6 Å². The van der Waals surface area contributed by atoms with Crippen molar-refractivity contribution in [3.63, 3.8) is 0 Å². The Hall–Kier alpha value is -2.82. The Balaban J connectivity index is 2.23. The van der Waals surface area contributed by atoms with Gasteiger partial charge in [0, 0.05) is 12.1 Å². The highest BCUT2D eigenvalue weighted by Gasteiger charge is 2.23. The van der Waals surface area contributed by atoms with Crippen molar-refractivity contribution in [1.29, 1.82) is 0 Å². The minimum Gasteiger partial charge on any atom is -0.497 e. The predicted molar refractivity (Wildman–Crippen MR) is 100 cm³/mol. The topological polar surface area (TPSA) is 55.8 Å². The fourth-order valence-corrected chi connectivity index (χ4v) is 2.73. The third kappa shape index (κ3) is 5.09. The summed E-state index contributed by atoms with van der Waals surface area (Å²) in [5.74, 6) is 0.254. The zero-order valence-electron chi connectivity index (χ0n) is 15.5. The molecule has 1 atom stereocenters. The van der Waals surface area contributed by atoms with Gasteiger partial charge in [0.1, 0.15) is 5.75 Å². The Morgan fingerprint density at radius 1 is 1.04 bits per heavy atom. The lowest BCUT2D eigenvalue weighted by atomic mass is 10.0. The van der Waals surface area contributed by atoms with E-state index in [2.05, 4.69) is 0 Å². The van der Waals surface area contributed by atoms with Gasteiger partial charge in [-0.15, -0.1) is 0 Å². The molecule has 1 amide bonds. The van der Waals surface area contributed by atoms with Gasteiger partial charge in [0.15, 0.2) is 0 Å². The van der Waals surface area contributed by atoms with Crippen molar-refractivity contribution >= 4 is 11.9 Å². The van der Waals surface area contributed by atoms with E-state index in [1.807, 2.05) is 37.3 Å². The molecule has 0 aromatic heterocycles. The highest BCUT2D eigenvalue weighted by molar-refractivity contribution is 5.94. The summed E-state index contributed by atoms with van der Waals surface area (Å²) in [5, 5.41) is 0. The number of amides is 1. The van der Waals surface area contributed by atoms with Crippen LogP contribution < -0.4 is 4.74 Å². The Morgan fingerprint density at radius 3 is 2.27 bits per heavy atom. The molecule has 0 saturated carbocycles. The molecular formula is C21H25NO4. The van der Waals surface area contributed by atoms with E-state index >= 15 is 0 Å². The molecule has 0 spiro atoms. The van der Waals surface area contributed by atoms with Crippen molar-refractivity contribution in [2.75, 3.05) is 20.3 Å². The summed E-state index contributed by atoms with van der Waals surface area (Å²) < 4.78 is 10.1. The van der Waals surface area contributed by atoms with Crippen LogP contribution in [-0.2, 0) is 9.53 Å². The molecule has 0 aliphatic carbocycles. The quantitative estimate of drug-likeness (QED) is 0.675. The van der Waals surface area contributed by atoms with Gasteiger partial charge in [0.2, 0.25) is 0 Å². The van der Waals surface area contributed by atoms with Gasteiger partial charge < -0.3 is 14.4 Å². The lowest BCUT2D eigenvalue weighted by molar-refractivity contribution is -0.143. The van der Waals surface area contributed by atoms with E-state index in [1.54, 1.807) is 43.2 Å². The van der Waals surface area contributed by atoms with Gasteiger partial charge in [-0.25, -0.2) is 0 Å². The van der Waals surface area contributed by atoms with Gasteiger partial charge in [0.05, 0.1) is 26.2 Å². The highest BCUT2D eigenvalue weighted by atomic mass is 16.5. The summed E-state index contributed by atoms with van der Waals surface area (Å²) in [7, 11) is 1.58. The van der Waals surface area contributed by atoms with Crippen LogP contribution in [0.1, 0.15) is 42.2 Å². The molecule has 0 heterocycles. The van der Waals surface area contributed by atoms with Crippen molar-refractivity contribution in [2.45, 2.75) is 26.3 Å². The molecule has 0 fully saturated rings. The molecule has 5 nitrogen and oxygen atoms in total. The van der Waals surface area contributed by atoms with Gasteiger partial charge in [0.25, 0.3) is 5.91 Å². The highest BCUT2D eigenvalue weighted by Crippen LogP contribution is 2.23. The van der Waals surface area contributed by atoms with E-state index in [-0.39, 0.29) is 24.3 Å². The van der Waals surface area contributed by atoms with Crippen molar-refractivity contribution in [3.05, 3.63) is 65.7 Å². The molecule has 5 heteroatoms. The number of rotatable bonds is 8. The minimum atomic E-state index is -0.305. The molecule has 1 unspecified atom stereocenters. The zero-order chi connectivity index (χ0) is 18.9. The summed E-state index contributed by atoms with van der Waals surface area (Å²) in [5.41, 5.74) is 1.57. The summed E-state index contributed by atoms with van der Waals surface area (Å²) >= 11 is 0. The molecule has 2 rings (SSSR count). The Bertz CT molecular complexity index is 713. The van der Waals surface area contributed by atoms with Crippen molar-refractivity contribution in [2.24, 2.45) is 0 Å². The van der Waals surface area contributed by atoms with Gasteiger partial charge in [-0.1, -0.05) is 30.3 Å². The number of ether oxygens (including phenoxy) is 2. The van der Waals surface area contributed by atoms with Gasteiger partial charge in [-0.2, -0.15) is 0 Å². The first kappa shape index (κ1) is 19.5. The van der Waals surface area contributed by atoms with Crippen LogP contribution >= 0.6 is 0 Å². The molecule has 0 N–H and O–H groups in total. The molecule has 0 bridgehead atoms. The number of esters is 1. The fourth-order valence-electron chi connectivity index (χ4n) is 2.73. The molecule has 0 aliphatic rings. The SMILES string of the molecule is CCOC(=O)CCN(C(=O)c1ccc(OC)cc1)C(C)c1ccccc1. The first-order chi connectivity index (χ1) is 12.6. The van der Waals surface area contributed by atoms with Gasteiger partial charge >= 0.3 is 5.97 Å². The van der Waals surface area contributed by atoms with Crippen molar-refractivity contribution < 1.29 is 19.1 Å². The molecule has 0 radical (unpaired) electrons. The molecule has 138 valence electrons. The second kappa shape index (κ2) is 9.61. The number of carbonyl (C=O) groups is 2. The van der Waals surface area contributed by atoms with Gasteiger partial charge in [-0.3, -0.25) is 9.59 Å². The van der Waals surface area contributed by atoms with E-state index in [9.17, 15) is 9.59 Å². The maximum Gasteiger partial charge on any atom is 0.307 e. The summed E-state index contributed by atoms with van der Waals surface area (Å²) in [4.78, 5) is 26.5. The second-order valence-corrected chi connectivity index (χ2v) is 5.87. The van der Waals surface area contributed by atoms with Crippen molar-refractivity contribution in [1.82, 2.24) is 4.90 Å². The first-order valence-corrected chi connectivity index (χ1v) is 8.72. The normalized spacial score (nSPS) is 11.5. The van der Waals surface area contributed by atoms with Crippen molar-refractivity contribution in [3.8, 4) is 5.75 Å². The third-order valence-corrected chi connectivity index (χ3v) is 4.21. The third-order valence-electron chi connectivity index (χ3n) is 4.21. The number of methoxy groups -OCH3 is 1. The lowest BCUT2D eigenvalue weighted by Crippen LogP contribution is -2.35. The first-order valence-electron chi connectivity index (χ1n) is 8.72. The molecule has 26 heavy (non-hydrogen) atoms. The van der Waals surface area contributed by atoms with E-state index in [0.29, 0.717) is 24.5 Å². The van der Waals surface area contributed by atoms with E-state index < -0.39 is 0 Å². The number of benzene rings is 2. The summed E-state index contributed by atoms with van der Waals surface area (Å²) in [6.45, 7) is 4.35. The van der Waals surface area contributed by atoms with Crippen LogP contribution in [-0.4, -0.2) is 37.0 Å².